The summed E-state index contributed by atoms with van der Waals surface area (Å²) in [5, 5.41) is 4.94. The van der Waals surface area contributed by atoms with Crippen LogP contribution >= 0.6 is 0 Å². The van der Waals surface area contributed by atoms with Crippen LogP contribution in [0.4, 0.5) is 0 Å². The Morgan fingerprint density at radius 3 is 1.77 bits per heavy atom. The Kier molecular flexibility index (Phi) is 7.19. The second-order valence-electron chi connectivity index (χ2n) is 14.6. The summed E-state index contributed by atoms with van der Waals surface area (Å²) in [4.78, 5) is 10.6. The Morgan fingerprint density at radius 2 is 0.981 bits per heavy atom. The number of benzene rings is 8. The largest absolute Gasteiger partial charge is 0.228 e. The van der Waals surface area contributed by atoms with E-state index in [9.17, 15) is 0 Å². The lowest BCUT2D eigenvalue weighted by Gasteiger charge is -2.22. The Labute approximate surface area is 310 Å². The fourth-order valence-corrected chi connectivity index (χ4v) is 8.39. The minimum atomic E-state index is -0.151. The highest BCUT2D eigenvalue weighted by atomic mass is 14.9. The van der Waals surface area contributed by atoms with Crippen molar-refractivity contribution in [2.24, 2.45) is 0 Å². The fourth-order valence-electron chi connectivity index (χ4n) is 8.39. The zero-order valence-electron chi connectivity index (χ0n) is 29.7. The first-order valence-electron chi connectivity index (χ1n) is 18.3. The molecule has 1 aliphatic carbocycles. The van der Waals surface area contributed by atoms with Crippen molar-refractivity contribution >= 4 is 21.5 Å². The third kappa shape index (κ3) is 5.18. The van der Waals surface area contributed by atoms with Crippen molar-refractivity contribution in [1.29, 1.82) is 0 Å². The molecule has 0 N–H and O–H groups in total. The topological polar surface area (TPSA) is 25.8 Å². The summed E-state index contributed by atoms with van der Waals surface area (Å²) < 4.78 is 0. The zero-order valence-corrected chi connectivity index (χ0v) is 29.7. The van der Waals surface area contributed by atoms with Gasteiger partial charge in [0.15, 0.2) is 5.82 Å². The SMILES string of the molecule is CC1(C)c2cc3ccccc3cc2-c2c(-c3c(-c4cc(-c5cccc(-c6ccccc6)c5)nc(-c5ccccc5)n4)ccc4ccccc34)cccc21. The van der Waals surface area contributed by atoms with E-state index < -0.39 is 0 Å². The second kappa shape index (κ2) is 12.3. The van der Waals surface area contributed by atoms with Crippen LogP contribution in [0.1, 0.15) is 25.0 Å². The Hall–Kier alpha value is -6.64. The first kappa shape index (κ1) is 31.1. The van der Waals surface area contributed by atoms with Crippen molar-refractivity contribution in [1.82, 2.24) is 9.97 Å². The monoisotopic (exact) mass is 676 g/mol. The van der Waals surface area contributed by atoms with Crippen LogP contribution in [0.5, 0.6) is 0 Å². The molecule has 0 atom stereocenters. The van der Waals surface area contributed by atoms with Gasteiger partial charge in [-0.3, -0.25) is 0 Å². The highest BCUT2D eigenvalue weighted by Gasteiger charge is 2.37. The summed E-state index contributed by atoms with van der Waals surface area (Å²) in [6.45, 7) is 4.74. The molecule has 9 aromatic rings. The van der Waals surface area contributed by atoms with E-state index in [1.165, 1.54) is 60.5 Å². The van der Waals surface area contributed by atoms with Crippen LogP contribution in [0.25, 0.3) is 88.8 Å². The molecule has 0 spiro atoms. The molecule has 0 fully saturated rings. The average molecular weight is 677 g/mol. The standard InChI is InChI=1S/C51H36N2/c1-51(2)44-26-14-25-42(49(44)43-30-37-20-9-10-21-38(37)31-45(43)51)48-40-24-12-11-17-34(40)27-28-41(48)47-32-46(52-50(53-47)35-18-7-4-8-19-35)39-23-13-22-36(29-39)33-15-5-3-6-16-33/h3-32H,1-2H3. The van der Waals surface area contributed by atoms with Crippen LogP contribution in [0.3, 0.4) is 0 Å². The van der Waals surface area contributed by atoms with Gasteiger partial charge >= 0.3 is 0 Å². The molecule has 0 amide bonds. The van der Waals surface area contributed by atoms with Crippen molar-refractivity contribution in [2.45, 2.75) is 19.3 Å². The third-order valence-corrected chi connectivity index (χ3v) is 11.1. The smallest absolute Gasteiger partial charge is 0.160 e. The van der Waals surface area contributed by atoms with E-state index in [4.69, 9.17) is 9.97 Å². The second-order valence-corrected chi connectivity index (χ2v) is 14.6. The van der Waals surface area contributed by atoms with E-state index in [1.54, 1.807) is 0 Å². The van der Waals surface area contributed by atoms with E-state index in [-0.39, 0.29) is 5.41 Å². The molecular formula is C51H36N2. The predicted molar refractivity (Wildman–Crippen MR) is 222 cm³/mol. The first-order chi connectivity index (χ1) is 26.0. The van der Waals surface area contributed by atoms with E-state index in [1.807, 2.05) is 6.07 Å². The molecule has 53 heavy (non-hydrogen) atoms. The minimum absolute atomic E-state index is 0.151. The van der Waals surface area contributed by atoms with Gasteiger partial charge in [0.1, 0.15) is 0 Å². The van der Waals surface area contributed by atoms with Gasteiger partial charge in [0, 0.05) is 22.1 Å². The van der Waals surface area contributed by atoms with Gasteiger partial charge in [-0.2, -0.15) is 0 Å². The zero-order chi connectivity index (χ0) is 35.5. The Balaban J connectivity index is 1.25. The van der Waals surface area contributed by atoms with Gasteiger partial charge in [0.2, 0.25) is 0 Å². The summed E-state index contributed by atoms with van der Waals surface area (Å²) in [7, 11) is 0. The predicted octanol–water partition coefficient (Wildman–Crippen LogP) is 13.4. The van der Waals surface area contributed by atoms with Gasteiger partial charge in [0.05, 0.1) is 11.4 Å². The Morgan fingerprint density at radius 1 is 0.358 bits per heavy atom. The van der Waals surface area contributed by atoms with Gasteiger partial charge in [0.25, 0.3) is 0 Å². The van der Waals surface area contributed by atoms with Crippen molar-refractivity contribution in [3.63, 3.8) is 0 Å². The van der Waals surface area contributed by atoms with Gasteiger partial charge in [-0.05, 0) is 90.3 Å². The summed E-state index contributed by atoms with van der Waals surface area (Å²) in [6, 6.07) is 65.4. The number of nitrogens with zero attached hydrogens (tertiary/aromatic N) is 2. The quantitative estimate of drug-likeness (QED) is 0.181. The Bertz CT molecular complexity index is 2850. The summed E-state index contributed by atoms with van der Waals surface area (Å²) in [5.41, 5.74) is 14.9. The lowest BCUT2D eigenvalue weighted by Crippen LogP contribution is -2.14. The lowest BCUT2D eigenvalue weighted by molar-refractivity contribution is 0.661. The molecule has 10 rings (SSSR count). The molecule has 0 aliphatic heterocycles. The molecule has 0 saturated heterocycles. The maximum Gasteiger partial charge on any atom is 0.160 e. The number of hydrogen-bond acceptors (Lipinski definition) is 2. The summed E-state index contributed by atoms with van der Waals surface area (Å²) in [6.07, 6.45) is 0. The third-order valence-electron chi connectivity index (χ3n) is 11.1. The molecule has 0 radical (unpaired) electrons. The molecule has 8 aromatic carbocycles. The normalized spacial score (nSPS) is 12.9. The molecule has 0 saturated carbocycles. The van der Waals surface area contributed by atoms with Gasteiger partial charge in [-0.15, -0.1) is 0 Å². The van der Waals surface area contributed by atoms with Crippen LogP contribution in [0.2, 0.25) is 0 Å². The van der Waals surface area contributed by atoms with Crippen molar-refractivity contribution < 1.29 is 0 Å². The minimum Gasteiger partial charge on any atom is -0.228 e. The number of fused-ring (bicyclic) bond motifs is 5. The molecule has 0 unspecified atom stereocenters. The first-order valence-corrected chi connectivity index (χ1v) is 18.3. The maximum absolute atomic E-state index is 5.37. The summed E-state index contributed by atoms with van der Waals surface area (Å²) >= 11 is 0. The van der Waals surface area contributed by atoms with E-state index in [0.717, 1.165) is 33.6 Å². The molecule has 0 bridgehead atoms. The van der Waals surface area contributed by atoms with Crippen LogP contribution < -0.4 is 0 Å². The van der Waals surface area contributed by atoms with E-state index >= 15 is 0 Å². The highest BCUT2D eigenvalue weighted by Crippen LogP contribution is 2.54. The van der Waals surface area contributed by atoms with Gasteiger partial charge < -0.3 is 0 Å². The average Bonchev–Trinajstić information content (AvgIpc) is 3.45. The molecule has 1 heterocycles. The maximum atomic E-state index is 5.37. The molecule has 2 nitrogen and oxygen atoms in total. The van der Waals surface area contributed by atoms with Crippen LogP contribution in [-0.4, -0.2) is 9.97 Å². The molecule has 1 aromatic heterocycles. The van der Waals surface area contributed by atoms with Crippen LogP contribution in [0.15, 0.2) is 182 Å². The molecule has 2 heteroatoms. The molecule has 250 valence electrons. The van der Waals surface area contributed by atoms with Crippen molar-refractivity contribution in [3.8, 4) is 67.3 Å². The fraction of sp³-hybridized carbons (Fsp3) is 0.0588. The van der Waals surface area contributed by atoms with E-state index in [2.05, 4.69) is 190 Å². The van der Waals surface area contributed by atoms with Gasteiger partial charge in [-0.1, -0.05) is 172 Å². The molecule has 1 aliphatic rings. The molecular weight excluding hydrogens is 641 g/mol. The summed E-state index contributed by atoms with van der Waals surface area (Å²) in [5.74, 6) is 0.707. The van der Waals surface area contributed by atoms with E-state index in [0.29, 0.717) is 5.82 Å². The number of rotatable bonds is 5. The number of aromatic nitrogens is 2. The van der Waals surface area contributed by atoms with Crippen molar-refractivity contribution in [2.75, 3.05) is 0 Å². The lowest BCUT2D eigenvalue weighted by atomic mass is 9.81. The highest BCUT2D eigenvalue weighted by molar-refractivity contribution is 6.09. The van der Waals surface area contributed by atoms with Crippen molar-refractivity contribution in [3.05, 3.63) is 193 Å². The van der Waals surface area contributed by atoms with Gasteiger partial charge in [-0.25, -0.2) is 9.97 Å². The van der Waals surface area contributed by atoms with Crippen LogP contribution in [-0.2, 0) is 5.41 Å². The van der Waals surface area contributed by atoms with Crippen LogP contribution in [0, 0.1) is 0 Å². The number of hydrogen-bond donors (Lipinski definition) is 0.